The van der Waals surface area contributed by atoms with Crippen LogP contribution in [0.3, 0.4) is 0 Å². The highest BCUT2D eigenvalue weighted by Crippen LogP contribution is 2.60. The van der Waals surface area contributed by atoms with Crippen LogP contribution < -0.4 is 5.32 Å². The fourth-order valence-electron chi connectivity index (χ4n) is 7.27. The summed E-state index contributed by atoms with van der Waals surface area (Å²) >= 11 is 0. The van der Waals surface area contributed by atoms with Crippen molar-refractivity contribution >= 4 is 17.7 Å². The normalized spacial score (nSPS) is 43.2. The van der Waals surface area contributed by atoms with Crippen molar-refractivity contribution in [1.29, 1.82) is 0 Å². The molecule has 10 atom stereocenters. The number of Topliss-reactive ketones (excluding diaryl/α,β-unsaturated/α-hetero) is 1. The number of ketones is 1. The van der Waals surface area contributed by atoms with Crippen molar-refractivity contribution in [3.8, 4) is 0 Å². The van der Waals surface area contributed by atoms with Gasteiger partial charge < -0.3 is 25.0 Å². The van der Waals surface area contributed by atoms with Gasteiger partial charge in [-0.3, -0.25) is 14.4 Å². The van der Waals surface area contributed by atoms with Gasteiger partial charge in [-0.25, -0.2) is 0 Å². The number of carbonyl (C=O) groups excluding carboxylic acids is 3. The van der Waals surface area contributed by atoms with Crippen LogP contribution in [0.2, 0.25) is 0 Å². The van der Waals surface area contributed by atoms with Crippen molar-refractivity contribution < 1.29 is 34.1 Å². The van der Waals surface area contributed by atoms with Crippen LogP contribution in [-0.2, 0) is 30.3 Å². The molecule has 1 unspecified atom stereocenters. The van der Waals surface area contributed by atoms with Crippen molar-refractivity contribution in [2.45, 2.75) is 83.5 Å². The summed E-state index contributed by atoms with van der Waals surface area (Å²) in [7, 11) is 0. The van der Waals surface area contributed by atoms with Crippen LogP contribution >= 0.6 is 0 Å². The molecule has 5 rings (SSSR count). The number of rotatable bonds is 3. The molecule has 2 aliphatic carbocycles. The quantitative estimate of drug-likeness (QED) is 0.315. The van der Waals surface area contributed by atoms with Crippen LogP contribution in [-0.4, -0.2) is 63.9 Å². The average Bonchev–Trinajstić information content (AvgIpc) is 3.62. The SMILES string of the molecule is CC(=O)O[C@@H]1[C@@H]2O[C@H]2[C@@](C)(O)C(=O)[C@@H](C)C/C=C/[C@H]2[C@H](O)C(C)=C(C)[C@H]3[C@H](Cc4ccccc4)NC(=O)C123. The van der Waals surface area contributed by atoms with Crippen molar-refractivity contribution in [3.05, 3.63) is 59.2 Å². The standard InChI is InChI=1S/C30H37NO7/c1-15-10-9-13-20-23(33)17(3)16(2)22-21(14-19-11-7-6-8-12-19)31-28(35)30(20,22)27(37-18(4)32)24-26(38-24)29(5,36)25(15)34/h6-9,11-13,15,20-24,26-27,33,36H,10,14H2,1-5H3,(H,31,35)/b13-9+/t15-,20-,21-,22-,23+,24+,26+,27+,29-,30?/m0/s1. The monoisotopic (exact) mass is 523 g/mol. The second kappa shape index (κ2) is 9.43. The average molecular weight is 524 g/mol. The van der Waals surface area contributed by atoms with E-state index in [4.69, 9.17) is 9.47 Å². The Labute approximate surface area is 223 Å². The van der Waals surface area contributed by atoms with Crippen LogP contribution in [0.4, 0.5) is 0 Å². The molecule has 1 aromatic rings. The molecular weight excluding hydrogens is 486 g/mol. The van der Waals surface area contributed by atoms with Crippen molar-refractivity contribution in [1.82, 2.24) is 5.32 Å². The first kappa shape index (κ1) is 26.8. The summed E-state index contributed by atoms with van der Waals surface area (Å²) in [4.78, 5) is 40.0. The Morgan fingerprint density at radius 3 is 2.53 bits per heavy atom. The number of aliphatic hydroxyl groups is 2. The summed E-state index contributed by atoms with van der Waals surface area (Å²) in [6.45, 7) is 8.23. The zero-order chi connectivity index (χ0) is 27.6. The number of carbonyl (C=O) groups is 3. The van der Waals surface area contributed by atoms with E-state index < -0.39 is 59.2 Å². The van der Waals surface area contributed by atoms with Gasteiger partial charge in [-0.1, -0.05) is 55.0 Å². The third-order valence-electron chi connectivity index (χ3n) is 9.27. The molecule has 2 saturated heterocycles. The lowest BCUT2D eigenvalue weighted by Crippen LogP contribution is -2.60. The third kappa shape index (κ3) is 3.96. The summed E-state index contributed by atoms with van der Waals surface area (Å²) in [5.74, 6) is -2.99. The molecular formula is C30H37NO7. The molecule has 2 fully saturated rings. The van der Waals surface area contributed by atoms with E-state index in [0.717, 1.165) is 16.7 Å². The second-order valence-corrected chi connectivity index (χ2v) is 11.6. The Morgan fingerprint density at radius 1 is 1.18 bits per heavy atom. The summed E-state index contributed by atoms with van der Waals surface area (Å²) in [6, 6.07) is 9.51. The summed E-state index contributed by atoms with van der Waals surface area (Å²) in [5.41, 5.74) is -0.550. The Bertz CT molecular complexity index is 1200. The highest BCUT2D eigenvalue weighted by atomic mass is 16.6. The molecule has 1 spiro atoms. The number of hydrogen-bond acceptors (Lipinski definition) is 7. The molecule has 2 aliphatic heterocycles. The van der Waals surface area contributed by atoms with E-state index in [2.05, 4.69) is 5.32 Å². The van der Waals surface area contributed by atoms with Crippen molar-refractivity contribution in [2.24, 2.45) is 23.2 Å². The number of ether oxygens (including phenoxy) is 2. The Morgan fingerprint density at radius 2 is 1.87 bits per heavy atom. The van der Waals surface area contributed by atoms with Crippen LogP contribution in [0.1, 0.15) is 46.6 Å². The predicted octanol–water partition coefficient (Wildman–Crippen LogP) is 2.27. The lowest BCUT2D eigenvalue weighted by Gasteiger charge is -2.50. The number of hydrogen-bond donors (Lipinski definition) is 3. The molecule has 8 heteroatoms. The van der Waals surface area contributed by atoms with Gasteiger partial charge in [0.15, 0.2) is 5.78 Å². The number of nitrogens with one attached hydrogen (secondary N) is 1. The minimum Gasteiger partial charge on any atom is -0.458 e. The Hall–Kier alpha value is -2.81. The van der Waals surface area contributed by atoms with Crippen LogP contribution in [0, 0.1) is 23.2 Å². The zero-order valence-corrected chi connectivity index (χ0v) is 22.5. The lowest BCUT2D eigenvalue weighted by atomic mass is 9.53. The lowest BCUT2D eigenvalue weighted by molar-refractivity contribution is -0.169. The summed E-state index contributed by atoms with van der Waals surface area (Å²) in [5, 5.41) is 26.1. The van der Waals surface area contributed by atoms with Gasteiger partial charge in [0, 0.05) is 30.7 Å². The fraction of sp³-hybridized carbons (Fsp3) is 0.567. The fourth-order valence-corrected chi connectivity index (χ4v) is 7.27. The molecule has 0 bridgehead atoms. The molecule has 4 aliphatic rings. The number of epoxide rings is 1. The van der Waals surface area contributed by atoms with Gasteiger partial charge in [0.1, 0.15) is 29.3 Å². The van der Waals surface area contributed by atoms with Gasteiger partial charge in [-0.05, 0) is 44.7 Å². The van der Waals surface area contributed by atoms with Gasteiger partial charge in [0.05, 0.1) is 6.10 Å². The number of benzene rings is 1. The van der Waals surface area contributed by atoms with Gasteiger partial charge in [0.25, 0.3) is 0 Å². The number of amides is 1. The smallest absolute Gasteiger partial charge is 0.303 e. The minimum absolute atomic E-state index is 0.325. The molecule has 204 valence electrons. The molecule has 0 saturated carbocycles. The van der Waals surface area contributed by atoms with E-state index in [1.54, 1.807) is 19.1 Å². The Kier molecular flexibility index (Phi) is 6.65. The first-order chi connectivity index (χ1) is 17.9. The van der Waals surface area contributed by atoms with Gasteiger partial charge in [-0.15, -0.1) is 0 Å². The van der Waals surface area contributed by atoms with Crippen LogP contribution in [0.15, 0.2) is 53.6 Å². The molecule has 8 nitrogen and oxygen atoms in total. The van der Waals surface area contributed by atoms with Crippen molar-refractivity contribution in [2.75, 3.05) is 0 Å². The molecule has 1 amide bonds. The predicted molar refractivity (Wildman–Crippen MR) is 139 cm³/mol. The maximum absolute atomic E-state index is 14.3. The number of allylic oxidation sites excluding steroid dienone is 1. The van der Waals surface area contributed by atoms with E-state index in [0.29, 0.717) is 12.8 Å². The van der Waals surface area contributed by atoms with E-state index in [1.807, 2.05) is 44.2 Å². The zero-order valence-electron chi connectivity index (χ0n) is 22.5. The van der Waals surface area contributed by atoms with Gasteiger partial charge in [-0.2, -0.15) is 0 Å². The maximum Gasteiger partial charge on any atom is 0.303 e. The molecule has 0 radical (unpaired) electrons. The summed E-state index contributed by atoms with van der Waals surface area (Å²) < 4.78 is 11.9. The highest BCUT2D eigenvalue weighted by molar-refractivity contribution is 5.91. The topological polar surface area (TPSA) is 125 Å². The highest BCUT2D eigenvalue weighted by Gasteiger charge is 2.73. The molecule has 0 aromatic heterocycles. The third-order valence-corrected chi connectivity index (χ3v) is 9.27. The van der Waals surface area contributed by atoms with Crippen molar-refractivity contribution in [3.63, 3.8) is 0 Å². The molecule has 38 heavy (non-hydrogen) atoms. The number of fused-ring (bicyclic) bond motifs is 1. The van der Waals surface area contributed by atoms with Gasteiger partial charge >= 0.3 is 5.97 Å². The minimum atomic E-state index is -1.82. The van der Waals surface area contributed by atoms with E-state index in [1.165, 1.54) is 13.8 Å². The maximum atomic E-state index is 14.3. The second-order valence-electron chi connectivity index (χ2n) is 11.6. The van der Waals surface area contributed by atoms with E-state index in [9.17, 15) is 24.6 Å². The molecule has 3 N–H and O–H groups in total. The molecule has 2 heterocycles. The Balaban J connectivity index is 1.72. The largest absolute Gasteiger partial charge is 0.458 e. The van der Waals surface area contributed by atoms with E-state index >= 15 is 0 Å². The molecule has 1 aromatic carbocycles. The number of esters is 1. The van der Waals surface area contributed by atoms with Crippen LogP contribution in [0.5, 0.6) is 0 Å². The first-order valence-corrected chi connectivity index (χ1v) is 13.4. The van der Waals surface area contributed by atoms with Crippen LogP contribution in [0.25, 0.3) is 0 Å². The van der Waals surface area contributed by atoms with Gasteiger partial charge in [0.2, 0.25) is 5.91 Å². The summed E-state index contributed by atoms with van der Waals surface area (Å²) in [6.07, 6.45) is 0.510. The first-order valence-electron chi connectivity index (χ1n) is 13.4. The number of aliphatic hydroxyl groups excluding tert-OH is 1. The van der Waals surface area contributed by atoms with E-state index in [-0.39, 0.29) is 17.7 Å².